The molecule has 0 atom stereocenters. The summed E-state index contributed by atoms with van der Waals surface area (Å²) in [7, 11) is 1.58. The Morgan fingerprint density at radius 3 is 2.81 bits per heavy atom. The van der Waals surface area contributed by atoms with Crippen molar-refractivity contribution in [1.29, 1.82) is 0 Å². The Morgan fingerprint density at radius 2 is 2.31 bits per heavy atom. The van der Waals surface area contributed by atoms with Crippen molar-refractivity contribution in [2.75, 3.05) is 25.0 Å². The molecule has 0 aliphatic heterocycles. The number of aryl methyl sites for hydroxylation is 1. The maximum Gasteiger partial charge on any atom is 0.252 e. The van der Waals surface area contributed by atoms with Crippen LogP contribution in [0.2, 0.25) is 0 Å². The van der Waals surface area contributed by atoms with Gasteiger partial charge in [-0.2, -0.15) is 0 Å². The van der Waals surface area contributed by atoms with Crippen LogP contribution in [0.3, 0.4) is 0 Å². The lowest BCUT2D eigenvalue weighted by Gasteiger charge is -2.20. The highest BCUT2D eigenvalue weighted by Gasteiger charge is 2.10. The molecule has 0 saturated heterocycles. The normalized spacial score (nSPS) is 9.94. The van der Waals surface area contributed by atoms with Crippen molar-refractivity contribution in [3.63, 3.8) is 0 Å². The number of amides is 1. The molecule has 0 aliphatic carbocycles. The third kappa shape index (κ3) is 3.08. The lowest BCUT2D eigenvalue weighted by Crippen LogP contribution is -2.36. The van der Waals surface area contributed by atoms with E-state index in [-0.39, 0.29) is 18.0 Å². The molecule has 1 amide bonds. The number of likely N-dealkylation sites (N-methyl/N-ethyl adjacent to an activating group) is 2. The van der Waals surface area contributed by atoms with Crippen LogP contribution in [0.1, 0.15) is 12.7 Å². The zero-order chi connectivity index (χ0) is 12.1. The van der Waals surface area contributed by atoms with Crippen LogP contribution in [0.4, 0.5) is 5.82 Å². The molecule has 0 aliphatic rings. The van der Waals surface area contributed by atoms with E-state index in [1.165, 1.54) is 6.07 Å². The minimum absolute atomic E-state index is 0.110. The lowest BCUT2D eigenvalue weighted by atomic mass is 10.4. The average molecular weight is 224 g/mol. The molecule has 0 radical (unpaired) electrons. The highest BCUT2D eigenvalue weighted by atomic mass is 16.2. The van der Waals surface area contributed by atoms with Crippen molar-refractivity contribution in [1.82, 2.24) is 15.3 Å². The first-order valence-electron chi connectivity index (χ1n) is 5.10. The van der Waals surface area contributed by atoms with Crippen molar-refractivity contribution < 1.29 is 4.79 Å². The molecule has 0 unspecified atom stereocenters. The Labute approximate surface area is 93.7 Å². The maximum absolute atomic E-state index is 11.3. The fraction of sp³-hybridized carbons (Fsp3) is 0.500. The van der Waals surface area contributed by atoms with Gasteiger partial charge in [0.25, 0.3) is 5.56 Å². The Kier molecular flexibility index (Phi) is 4.04. The van der Waals surface area contributed by atoms with Crippen LogP contribution in [-0.4, -0.2) is 36.0 Å². The van der Waals surface area contributed by atoms with Gasteiger partial charge in [-0.1, -0.05) is 0 Å². The summed E-state index contributed by atoms with van der Waals surface area (Å²) in [5, 5.41) is 2.53. The summed E-state index contributed by atoms with van der Waals surface area (Å²) in [4.78, 5) is 31.0. The summed E-state index contributed by atoms with van der Waals surface area (Å²) in [5.41, 5.74) is -0.210. The number of aromatic nitrogens is 2. The first kappa shape index (κ1) is 12.2. The van der Waals surface area contributed by atoms with Gasteiger partial charge < -0.3 is 15.2 Å². The molecule has 1 aromatic rings. The molecule has 1 aromatic heterocycles. The number of carbonyl (C=O) groups is 1. The number of rotatable bonds is 4. The predicted octanol–water partition coefficient (Wildman–Crippen LogP) is -0.349. The summed E-state index contributed by atoms with van der Waals surface area (Å²) in [6.07, 6.45) is 0. The highest BCUT2D eigenvalue weighted by molar-refractivity contribution is 5.80. The number of nitrogens with one attached hydrogen (secondary N) is 2. The quantitative estimate of drug-likeness (QED) is 0.733. The Hall–Kier alpha value is -1.85. The topological polar surface area (TPSA) is 78.1 Å². The second-order valence-electron chi connectivity index (χ2n) is 3.38. The Bertz CT molecular complexity index is 427. The van der Waals surface area contributed by atoms with E-state index in [9.17, 15) is 9.59 Å². The molecule has 0 bridgehead atoms. The zero-order valence-electron chi connectivity index (χ0n) is 9.70. The van der Waals surface area contributed by atoms with Gasteiger partial charge in [-0.15, -0.1) is 0 Å². The van der Waals surface area contributed by atoms with Gasteiger partial charge >= 0.3 is 0 Å². The molecule has 6 nitrogen and oxygen atoms in total. The minimum Gasteiger partial charge on any atom is -0.358 e. The van der Waals surface area contributed by atoms with Gasteiger partial charge in [0.15, 0.2) is 0 Å². The van der Waals surface area contributed by atoms with E-state index in [1.807, 2.05) is 6.92 Å². The number of nitrogens with zero attached hydrogens (tertiary/aromatic N) is 2. The largest absolute Gasteiger partial charge is 0.358 e. The van der Waals surface area contributed by atoms with Crippen LogP contribution in [0.25, 0.3) is 0 Å². The standard InChI is InChI=1S/C10H16N4O2/c1-4-14(6-10(16)11-3)8-5-9(15)13-7(2)12-8/h5H,4,6H2,1-3H3,(H,11,16)(H,12,13,15). The van der Waals surface area contributed by atoms with Crippen molar-refractivity contribution in [3.8, 4) is 0 Å². The second kappa shape index (κ2) is 5.29. The zero-order valence-corrected chi connectivity index (χ0v) is 9.70. The summed E-state index contributed by atoms with van der Waals surface area (Å²) in [6, 6.07) is 1.39. The van der Waals surface area contributed by atoms with Crippen LogP contribution < -0.4 is 15.8 Å². The Morgan fingerprint density at radius 1 is 1.62 bits per heavy atom. The van der Waals surface area contributed by atoms with Crippen LogP contribution in [0, 0.1) is 6.92 Å². The Balaban J connectivity index is 2.94. The molecule has 88 valence electrons. The molecule has 6 heteroatoms. The van der Waals surface area contributed by atoms with Crippen LogP contribution in [-0.2, 0) is 4.79 Å². The minimum atomic E-state index is -0.210. The molecular weight excluding hydrogens is 208 g/mol. The molecular formula is C10H16N4O2. The highest BCUT2D eigenvalue weighted by Crippen LogP contribution is 2.06. The molecule has 16 heavy (non-hydrogen) atoms. The first-order chi connectivity index (χ1) is 7.56. The molecule has 0 fully saturated rings. The summed E-state index contributed by atoms with van der Waals surface area (Å²) < 4.78 is 0. The number of aromatic amines is 1. The van der Waals surface area contributed by atoms with Crippen molar-refractivity contribution >= 4 is 11.7 Å². The van der Waals surface area contributed by atoms with Gasteiger partial charge in [0.1, 0.15) is 11.6 Å². The summed E-state index contributed by atoms with van der Waals surface area (Å²) >= 11 is 0. The average Bonchev–Trinajstić information content (AvgIpc) is 2.24. The van der Waals surface area contributed by atoms with E-state index < -0.39 is 0 Å². The van der Waals surface area contributed by atoms with Crippen LogP contribution in [0.5, 0.6) is 0 Å². The molecule has 1 rings (SSSR count). The van der Waals surface area contributed by atoms with Gasteiger partial charge in [0, 0.05) is 19.7 Å². The van der Waals surface area contributed by atoms with E-state index in [0.717, 1.165) is 0 Å². The number of carbonyl (C=O) groups excluding carboxylic acids is 1. The molecule has 1 heterocycles. The first-order valence-corrected chi connectivity index (χ1v) is 5.10. The van der Waals surface area contributed by atoms with Crippen molar-refractivity contribution in [3.05, 3.63) is 22.2 Å². The van der Waals surface area contributed by atoms with Gasteiger partial charge in [-0.05, 0) is 13.8 Å². The number of hydrogen-bond donors (Lipinski definition) is 2. The fourth-order valence-corrected chi connectivity index (χ4v) is 1.33. The van der Waals surface area contributed by atoms with Gasteiger partial charge in [0.05, 0.1) is 6.54 Å². The summed E-state index contributed by atoms with van der Waals surface area (Å²) in [6.45, 7) is 4.42. The molecule has 2 N–H and O–H groups in total. The third-order valence-electron chi connectivity index (χ3n) is 2.17. The number of H-pyrrole nitrogens is 1. The van der Waals surface area contributed by atoms with Gasteiger partial charge in [0.2, 0.25) is 5.91 Å². The fourth-order valence-electron chi connectivity index (χ4n) is 1.33. The van der Waals surface area contributed by atoms with E-state index in [2.05, 4.69) is 15.3 Å². The van der Waals surface area contributed by atoms with Gasteiger partial charge in [-0.3, -0.25) is 9.59 Å². The number of anilines is 1. The lowest BCUT2D eigenvalue weighted by molar-refractivity contribution is -0.119. The maximum atomic E-state index is 11.3. The SMILES string of the molecule is CCN(CC(=O)NC)c1cc(=O)[nH]c(C)n1. The van der Waals surface area contributed by atoms with Crippen LogP contribution >= 0.6 is 0 Å². The van der Waals surface area contributed by atoms with E-state index in [1.54, 1.807) is 18.9 Å². The second-order valence-corrected chi connectivity index (χ2v) is 3.38. The smallest absolute Gasteiger partial charge is 0.252 e. The van der Waals surface area contributed by atoms with E-state index >= 15 is 0 Å². The van der Waals surface area contributed by atoms with Crippen LogP contribution in [0.15, 0.2) is 10.9 Å². The van der Waals surface area contributed by atoms with E-state index in [4.69, 9.17) is 0 Å². The molecule has 0 saturated carbocycles. The van der Waals surface area contributed by atoms with Crippen molar-refractivity contribution in [2.24, 2.45) is 0 Å². The molecule has 0 aromatic carbocycles. The van der Waals surface area contributed by atoms with Gasteiger partial charge in [-0.25, -0.2) is 4.98 Å². The van der Waals surface area contributed by atoms with E-state index in [0.29, 0.717) is 18.2 Å². The molecule has 0 spiro atoms. The van der Waals surface area contributed by atoms with Crippen molar-refractivity contribution in [2.45, 2.75) is 13.8 Å². The summed E-state index contributed by atoms with van der Waals surface area (Å²) in [5.74, 6) is 0.951. The number of hydrogen-bond acceptors (Lipinski definition) is 4. The predicted molar refractivity (Wildman–Crippen MR) is 61.5 cm³/mol. The monoisotopic (exact) mass is 224 g/mol. The third-order valence-corrected chi connectivity index (χ3v) is 2.17.